The van der Waals surface area contributed by atoms with E-state index in [0.29, 0.717) is 17.9 Å². The van der Waals surface area contributed by atoms with E-state index in [2.05, 4.69) is 28.1 Å². The van der Waals surface area contributed by atoms with Crippen molar-refractivity contribution in [3.8, 4) is 6.07 Å². The van der Waals surface area contributed by atoms with Crippen molar-refractivity contribution < 1.29 is 4.79 Å². The van der Waals surface area contributed by atoms with Gasteiger partial charge in [0.15, 0.2) is 0 Å². The number of carbonyl (C=O) groups is 1. The van der Waals surface area contributed by atoms with Gasteiger partial charge in [-0.05, 0) is 48.9 Å². The van der Waals surface area contributed by atoms with Gasteiger partial charge in [-0.3, -0.25) is 4.79 Å². The van der Waals surface area contributed by atoms with Gasteiger partial charge in [-0.15, -0.1) is 0 Å². The van der Waals surface area contributed by atoms with Crippen LogP contribution in [0.3, 0.4) is 0 Å². The van der Waals surface area contributed by atoms with E-state index < -0.39 is 0 Å². The summed E-state index contributed by atoms with van der Waals surface area (Å²) in [4.78, 5) is 21.3. The van der Waals surface area contributed by atoms with Crippen LogP contribution in [0.15, 0.2) is 42.6 Å². The van der Waals surface area contributed by atoms with Crippen molar-refractivity contribution in [1.29, 1.82) is 5.26 Å². The smallest absolute Gasteiger partial charge is 0.227 e. The molecule has 5 heteroatoms. The van der Waals surface area contributed by atoms with Gasteiger partial charge in [0, 0.05) is 37.9 Å². The van der Waals surface area contributed by atoms with Crippen LogP contribution in [0, 0.1) is 17.2 Å². The number of carbonyl (C=O) groups excluding carboxylic acids is 1. The molecular formula is C21H22N4O. The van der Waals surface area contributed by atoms with Gasteiger partial charge in [-0.1, -0.05) is 18.2 Å². The summed E-state index contributed by atoms with van der Waals surface area (Å²) < 4.78 is 0. The van der Waals surface area contributed by atoms with Crippen LogP contribution < -0.4 is 9.80 Å². The highest BCUT2D eigenvalue weighted by Gasteiger charge is 2.28. The molecule has 0 spiro atoms. The number of pyridine rings is 1. The average molecular weight is 346 g/mol. The number of fused-ring (bicyclic) bond motifs is 1. The fourth-order valence-electron chi connectivity index (χ4n) is 3.96. The number of para-hydroxylation sites is 1. The van der Waals surface area contributed by atoms with Crippen LogP contribution in [-0.2, 0) is 11.2 Å². The molecule has 2 aromatic rings. The summed E-state index contributed by atoms with van der Waals surface area (Å²) in [7, 11) is 0. The molecule has 1 saturated heterocycles. The maximum atomic E-state index is 12.8. The normalized spacial score (nSPS) is 17.0. The van der Waals surface area contributed by atoms with E-state index in [1.54, 1.807) is 6.20 Å². The maximum Gasteiger partial charge on any atom is 0.227 e. The van der Waals surface area contributed by atoms with Crippen molar-refractivity contribution >= 4 is 17.4 Å². The van der Waals surface area contributed by atoms with Gasteiger partial charge in [-0.2, -0.15) is 5.26 Å². The number of hydrogen-bond acceptors (Lipinski definition) is 4. The lowest BCUT2D eigenvalue weighted by Gasteiger charge is -2.33. The number of aromatic nitrogens is 1. The van der Waals surface area contributed by atoms with Gasteiger partial charge in [-0.25, -0.2) is 4.98 Å². The number of anilines is 2. The summed E-state index contributed by atoms with van der Waals surface area (Å²) >= 11 is 0. The van der Waals surface area contributed by atoms with Gasteiger partial charge in [0.25, 0.3) is 0 Å². The molecule has 5 nitrogen and oxygen atoms in total. The number of nitrogens with zero attached hydrogens (tertiary/aromatic N) is 4. The second-order valence-electron chi connectivity index (χ2n) is 7.08. The summed E-state index contributed by atoms with van der Waals surface area (Å²) in [5.74, 6) is 1.61. The molecule has 26 heavy (non-hydrogen) atoms. The third-order valence-electron chi connectivity index (χ3n) is 5.47. The molecule has 0 unspecified atom stereocenters. The number of rotatable bonds is 3. The molecular weight excluding hydrogens is 324 g/mol. The topological polar surface area (TPSA) is 60.2 Å². The first kappa shape index (κ1) is 16.6. The van der Waals surface area contributed by atoms with Crippen LogP contribution in [0.25, 0.3) is 0 Å². The summed E-state index contributed by atoms with van der Waals surface area (Å²) in [6, 6.07) is 14.0. The minimum atomic E-state index is 0.255. The molecule has 0 bridgehead atoms. The van der Waals surface area contributed by atoms with Gasteiger partial charge in [0.2, 0.25) is 5.91 Å². The Morgan fingerprint density at radius 2 is 1.96 bits per heavy atom. The van der Waals surface area contributed by atoms with Crippen molar-refractivity contribution in [2.24, 2.45) is 5.92 Å². The molecule has 2 aliphatic rings. The van der Waals surface area contributed by atoms with Gasteiger partial charge >= 0.3 is 0 Å². The monoisotopic (exact) mass is 346 g/mol. The second-order valence-corrected chi connectivity index (χ2v) is 7.08. The quantitative estimate of drug-likeness (QED) is 0.856. The highest BCUT2D eigenvalue weighted by Crippen LogP contribution is 2.30. The fourth-order valence-corrected chi connectivity index (χ4v) is 3.96. The third-order valence-corrected chi connectivity index (χ3v) is 5.47. The number of nitriles is 1. The molecule has 1 amide bonds. The van der Waals surface area contributed by atoms with Crippen molar-refractivity contribution in [1.82, 2.24) is 4.98 Å². The molecule has 0 radical (unpaired) electrons. The van der Waals surface area contributed by atoms with Crippen LogP contribution in [0.5, 0.6) is 0 Å². The number of benzene rings is 1. The zero-order chi connectivity index (χ0) is 17.9. The minimum Gasteiger partial charge on any atom is -0.357 e. The van der Waals surface area contributed by atoms with Crippen LogP contribution in [0.4, 0.5) is 11.5 Å². The number of amides is 1. The lowest BCUT2D eigenvalue weighted by Crippen LogP contribution is -2.37. The Bertz CT molecular complexity index is 832. The van der Waals surface area contributed by atoms with E-state index in [-0.39, 0.29) is 5.91 Å². The Kier molecular flexibility index (Phi) is 4.57. The molecule has 3 heterocycles. The van der Waals surface area contributed by atoms with Crippen LogP contribution in [0.2, 0.25) is 0 Å². The predicted molar refractivity (Wildman–Crippen MR) is 101 cm³/mol. The zero-order valence-corrected chi connectivity index (χ0v) is 14.8. The highest BCUT2D eigenvalue weighted by molar-refractivity contribution is 5.95. The highest BCUT2D eigenvalue weighted by atomic mass is 16.2. The molecule has 1 aromatic carbocycles. The lowest BCUT2D eigenvalue weighted by atomic mass is 9.93. The summed E-state index contributed by atoms with van der Waals surface area (Å²) in [6.45, 7) is 2.63. The molecule has 132 valence electrons. The first-order valence-electron chi connectivity index (χ1n) is 9.24. The Balaban J connectivity index is 1.33. The predicted octanol–water partition coefficient (Wildman–Crippen LogP) is 3.15. The van der Waals surface area contributed by atoms with Crippen molar-refractivity contribution in [2.45, 2.75) is 25.7 Å². The molecule has 0 atom stereocenters. The lowest BCUT2D eigenvalue weighted by molar-refractivity contribution is -0.119. The van der Waals surface area contributed by atoms with E-state index in [0.717, 1.165) is 50.4 Å². The van der Waals surface area contributed by atoms with Gasteiger partial charge in [0.1, 0.15) is 11.9 Å². The summed E-state index contributed by atoms with van der Waals surface area (Å²) in [5, 5.41) is 8.87. The van der Waals surface area contributed by atoms with E-state index in [4.69, 9.17) is 5.26 Å². The Morgan fingerprint density at radius 1 is 1.15 bits per heavy atom. The Labute approximate surface area is 153 Å². The maximum absolute atomic E-state index is 12.8. The zero-order valence-electron chi connectivity index (χ0n) is 14.8. The molecule has 4 rings (SSSR count). The second kappa shape index (κ2) is 7.17. The SMILES string of the molecule is N#Cc1ccc(N2CCC(CC(=O)N3CCc4ccccc43)CC2)nc1. The number of hydrogen-bond donors (Lipinski definition) is 0. The first-order valence-corrected chi connectivity index (χ1v) is 9.24. The standard InChI is InChI=1S/C21H22N4O/c22-14-17-5-6-20(23-15-17)24-10-7-16(8-11-24)13-21(26)25-12-9-18-3-1-2-4-19(18)25/h1-6,15-16H,7-13H2. The van der Waals surface area contributed by atoms with Gasteiger partial charge < -0.3 is 9.80 Å². The fraction of sp³-hybridized carbons (Fsp3) is 0.381. The minimum absolute atomic E-state index is 0.255. The van der Waals surface area contributed by atoms with E-state index in [9.17, 15) is 4.79 Å². The van der Waals surface area contributed by atoms with Crippen molar-refractivity contribution in [3.05, 3.63) is 53.7 Å². The molecule has 0 aliphatic carbocycles. The average Bonchev–Trinajstić information content (AvgIpc) is 3.13. The third kappa shape index (κ3) is 3.28. The molecule has 1 fully saturated rings. The summed E-state index contributed by atoms with van der Waals surface area (Å²) in [5.41, 5.74) is 2.96. The largest absolute Gasteiger partial charge is 0.357 e. The van der Waals surface area contributed by atoms with Crippen LogP contribution in [-0.4, -0.2) is 30.5 Å². The van der Waals surface area contributed by atoms with Gasteiger partial charge in [0.05, 0.1) is 5.56 Å². The number of piperidine rings is 1. The Morgan fingerprint density at radius 3 is 2.69 bits per heavy atom. The van der Waals surface area contributed by atoms with E-state index in [1.165, 1.54) is 5.56 Å². The van der Waals surface area contributed by atoms with Crippen molar-refractivity contribution in [2.75, 3.05) is 29.4 Å². The van der Waals surface area contributed by atoms with Crippen LogP contribution in [0.1, 0.15) is 30.4 Å². The molecule has 2 aliphatic heterocycles. The van der Waals surface area contributed by atoms with E-state index >= 15 is 0 Å². The molecule has 0 saturated carbocycles. The summed E-state index contributed by atoms with van der Waals surface area (Å²) in [6.07, 6.45) is 5.22. The molecule has 1 aromatic heterocycles. The first-order chi connectivity index (χ1) is 12.7. The molecule has 0 N–H and O–H groups in total. The Hall–Kier alpha value is -2.87. The van der Waals surface area contributed by atoms with Crippen LogP contribution >= 0.6 is 0 Å². The van der Waals surface area contributed by atoms with E-state index in [1.807, 2.05) is 29.2 Å². The van der Waals surface area contributed by atoms with Crippen molar-refractivity contribution in [3.63, 3.8) is 0 Å².